The second-order valence-corrected chi connectivity index (χ2v) is 4.70. The Morgan fingerprint density at radius 3 is 2.88 bits per heavy atom. The van der Waals surface area contributed by atoms with Crippen LogP contribution < -0.4 is 0 Å². The van der Waals surface area contributed by atoms with Crippen molar-refractivity contribution in [1.82, 2.24) is 14.7 Å². The lowest BCUT2D eigenvalue weighted by Crippen LogP contribution is -2.39. The monoisotopic (exact) mass is 235 g/mol. The molecule has 0 N–H and O–H groups in total. The maximum atomic E-state index is 5.36. The molecule has 0 bridgehead atoms. The molecule has 17 heavy (non-hydrogen) atoms. The number of nitrogens with zero attached hydrogens (tertiary/aromatic N) is 3. The van der Waals surface area contributed by atoms with Gasteiger partial charge in [0.25, 0.3) is 0 Å². The topological polar surface area (TPSA) is 30.3 Å². The number of hydrogen-bond acceptors (Lipinski definition) is 3. The van der Waals surface area contributed by atoms with E-state index in [9.17, 15) is 0 Å². The summed E-state index contributed by atoms with van der Waals surface area (Å²) in [6.45, 7) is 13.0. The van der Waals surface area contributed by atoms with Crippen LogP contribution in [0.25, 0.3) is 5.57 Å². The van der Waals surface area contributed by atoms with Crippen LogP contribution in [-0.2, 0) is 4.74 Å². The van der Waals surface area contributed by atoms with Crippen molar-refractivity contribution in [3.63, 3.8) is 0 Å². The molecule has 0 radical (unpaired) electrons. The molecule has 2 rings (SSSR count). The van der Waals surface area contributed by atoms with Crippen molar-refractivity contribution in [1.29, 1.82) is 0 Å². The Bertz CT molecular complexity index is 380. The van der Waals surface area contributed by atoms with Crippen LogP contribution in [0.2, 0.25) is 0 Å². The Kier molecular flexibility index (Phi) is 3.97. The molecule has 1 aromatic rings. The van der Waals surface area contributed by atoms with Gasteiger partial charge in [0.05, 0.1) is 24.9 Å². The van der Waals surface area contributed by atoms with E-state index in [-0.39, 0.29) is 0 Å². The molecule has 2 heterocycles. The van der Waals surface area contributed by atoms with Crippen LogP contribution in [0.3, 0.4) is 0 Å². The fourth-order valence-corrected chi connectivity index (χ4v) is 2.24. The van der Waals surface area contributed by atoms with Crippen molar-refractivity contribution in [3.05, 3.63) is 24.5 Å². The first-order chi connectivity index (χ1) is 8.18. The van der Waals surface area contributed by atoms with E-state index in [1.54, 1.807) is 0 Å². The fraction of sp³-hybridized carbons (Fsp3) is 0.615. The Labute approximate surface area is 103 Å². The van der Waals surface area contributed by atoms with Crippen LogP contribution in [0.4, 0.5) is 0 Å². The average Bonchev–Trinajstić information content (AvgIpc) is 2.79. The molecule has 94 valence electrons. The normalized spacial score (nSPS) is 19.2. The molecule has 4 heteroatoms. The van der Waals surface area contributed by atoms with E-state index in [1.807, 2.05) is 19.2 Å². The molecule has 1 fully saturated rings. The van der Waals surface area contributed by atoms with E-state index in [1.165, 1.54) is 0 Å². The first kappa shape index (κ1) is 12.3. The van der Waals surface area contributed by atoms with Gasteiger partial charge in [0.1, 0.15) is 0 Å². The Balaban J connectivity index is 2.00. The van der Waals surface area contributed by atoms with Crippen LogP contribution in [-0.4, -0.2) is 47.5 Å². The van der Waals surface area contributed by atoms with E-state index in [2.05, 4.69) is 28.2 Å². The van der Waals surface area contributed by atoms with E-state index in [4.69, 9.17) is 4.74 Å². The predicted octanol–water partition coefficient (Wildman–Crippen LogP) is 1.81. The summed E-state index contributed by atoms with van der Waals surface area (Å²) < 4.78 is 7.42. The van der Waals surface area contributed by atoms with E-state index < -0.39 is 0 Å². The minimum absolute atomic E-state index is 0.370. The zero-order valence-corrected chi connectivity index (χ0v) is 10.7. The van der Waals surface area contributed by atoms with Gasteiger partial charge in [-0.1, -0.05) is 6.58 Å². The molecule has 1 unspecified atom stereocenters. The molecule has 0 aromatic carbocycles. The maximum Gasteiger partial charge on any atom is 0.0636 e. The zero-order valence-electron chi connectivity index (χ0n) is 10.7. The largest absolute Gasteiger partial charge is 0.379 e. The van der Waals surface area contributed by atoms with Gasteiger partial charge in [-0.15, -0.1) is 0 Å². The van der Waals surface area contributed by atoms with Gasteiger partial charge in [0.2, 0.25) is 0 Å². The zero-order chi connectivity index (χ0) is 12.3. The third-order valence-electron chi connectivity index (χ3n) is 3.15. The van der Waals surface area contributed by atoms with Crippen LogP contribution >= 0.6 is 0 Å². The van der Waals surface area contributed by atoms with Gasteiger partial charge in [-0.05, 0) is 25.5 Å². The summed E-state index contributed by atoms with van der Waals surface area (Å²) in [5, 5.41) is 4.40. The van der Waals surface area contributed by atoms with Crippen LogP contribution in [0.15, 0.2) is 18.8 Å². The van der Waals surface area contributed by atoms with Gasteiger partial charge in [-0.2, -0.15) is 5.10 Å². The number of hydrogen-bond donors (Lipinski definition) is 0. The number of morpholine rings is 1. The fourth-order valence-electron chi connectivity index (χ4n) is 2.24. The quantitative estimate of drug-likeness (QED) is 0.797. The summed E-state index contributed by atoms with van der Waals surface area (Å²) in [4.78, 5) is 2.43. The van der Waals surface area contributed by atoms with Gasteiger partial charge < -0.3 is 4.74 Å². The predicted molar refractivity (Wildman–Crippen MR) is 68.9 cm³/mol. The lowest BCUT2D eigenvalue weighted by Gasteiger charge is -2.29. The third kappa shape index (κ3) is 2.96. The molecular formula is C13H21N3O. The molecule has 0 spiro atoms. The first-order valence-electron chi connectivity index (χ1n) is 6.18. The molecular weight excluding hydrogens is 214 g/mol. The molecule has 1 saturated heterocycles. The summed E-state index contributed by atoms with van der Waals surface area (Å²) in [5.41, 5.74) is 2.20. The van der Waals surface area contributed by atoms with Crippen molar-refractivity contribution in [3.8, 4) is 0 Å². The molecule has 0 aliphatic carbocycles. The van der Waals surface area contributed by atoms with Crippen LogP contribution in [0.1, 0.15) is 25.6 Å². The highest BCUT2D eigenvalue weighted by Crippen LogP contribution is 2.17. The lowest BCUT2D eigenvalue weighted by molar-refractivity contribution is 0.0318. The molecule has 4 nitrogen and oxygen atoms in total. The van der Waals surface area contributed by atoms with Gasteiger partial charge in [0, 0.05) is 25.8 Å². The smallest absolute Gasteiger partial charge is 0.0636 e. The van der Waals surface area contributed by atoms with E-state index in [0.29, 0.717) is 6.04 Å². The molecule has 1 atom stereocenters. The molecule has 0 saturated carbocycles. The highest BCUT2D eigenvalue weighted by Gasteiger charge is 2.16. The van der Waals surface area contributed by atoms with E-state index >= 15 is 0 Å². The standard InChI is InChI=1S/C13H21N3O/c1-11(2)13-4-5-14-16(13)12(3)10-15-6-8-17-9-7-15/h4-5,12H,1,6-10H2,2-3H3. The molecule has 0 amide bonds. The summed E-state index contributed by atoms with van der Waals surface area (Å²) in [5.74, 6) is 0. The summed E-state index contributed by atoms with van der Waals surface area (Å²) in [6, 6.07) is 2.40. The summed E-state index contributed by atoms with van der Waals surface area (Å²) in [6.07, 6.45) is 1.85. The number of rotatable bonds is 4. The molecule has 1 aliphatic rings. The second-order valence-electron chi connectivity index (χ2n) is 4.70. The van der Waals surface area contributed by atoms with Crippen LogP contribution in [0, 0.1) is 0 Å². The maximum absolute atomic E-state index is 5.36. The number of aromatic nitrogens is 2. The third-order valence-corrected chi connectivity index (χ3v) is 3.15. The van der Waals surface area contributed by atoms with Crippen molar-refractivity contribution in [2.75, 3.05) is 32.8 Å². The van der Waals surface area contributed by atoms with Crippen molar-refractivity contribution >= 4 is 5.57 Å². The van der Waals surface area contributed by atoms with Crippen molar-refractivity contribution < 1.29 is 4.74 Å². The first-order valence-corrected chi connectivity index (χ1v) is 6.18. The minimum atomic E-state index is 0.370. The molecule has 1 aliphatic heterocycles. The second kappa shape index (κ2) is 5.47. The lowest BCUT2D eigenvalue weighted by atomic mass is 10.2. The Morgan fingerprint density at radius 1 is 1.53 bits per heavy atom. The highest BCUT2D eigenvalue weighted by molar-refractivity contribution is 5.57. The average molecular weight is 235 g/mol. The SMILES string of the molecule is C=C(C)c1ccnn1C(C)CN1CCOCC1. The van der Waals surface area contributed by atoms with Gasteiger partial charge in [0.15, 0.2) is 0 Å². The summed E-state index contributed by atoms with van der Waals surface area (Å²) in [7, 11) is 0. The number of ether oxygens (including phenoxy) is 1. The van der Waals surface area contributed by atoms with Crippen LogP contribution in [0.5, 0.6) is 0 Å². The van der Waals surface area contributed by atoms with Gasteiger partial charge >= 0.3 is 0 Å². The van der Waals surface area contributed by atoms with Crippen molar-refractivity contribution in [2.45, 2.75) is 19.9 Å². The summed E-state index contributed by atoms with van der Waals surface area (Å²) >= 11 is 0. The van der Waals surface area contributed by atoms with Gasteiger partial charge in [-0.3, -0.25) is 9.58 Å². The van der Waals surface area contributed by atoms with Crippen molar-refractivity contribution in [2.24, 2.45) is 0 Å². The van der Waals surface area contributed by atoms with E-state index in [0.717, 1.165) is 44.1 Å². The Hall–Kier alpha value is -1.13. The molecule has 1 aromatic heterocycles. The minimum Gasteiger partial charge on any atom is -0.379 e. The number of allylic oxidation sites excluding steroid dienone is 1. The highest BCUT2D eigenvalue weighted by atomic mass is 16.5. The van der Waals surface area contributed by atoms with Gasteiger partial charge in [-0.25, -0.2) is 0 Å². The Morgan fingerprint density at radius 2 is 2.24 bits per heavy atom.